The molecule has 0 atom stereocenters. The first kappa shape index (κ1) is 14.4. The number of fused-ring (bicyclic) bond motifs is 1. The number of nitrogens with two attached hydrogens (primary N) is 1. The average Bonchev–Trinajstić information content (AvgIpc) is 2.41. The summed E-state index contributed by atoms with van der Waals surface area (Å²) in [5, 5.41) is 18.9. The van der Waals surface area contributed by atoms with Crippen molar-refractivity contribution in [3.05, 3.63) is 33.9 Å². The molecule has 1 aliphatic rings. The summed E-state index contributed by atoms with van der Waals surface area (Å²) in [7, 11) is 0. The molecule has 10 heteroatoms. The molecule has 0 saturated carbocycles. The Morgan fingerprint density at radius 2 is 2.38 bits per heavy atom. The molecule has 1 aromatic carbocycles. The Bertz CT molecular complexity index is 590. The summed E-state index contributed by atoms with van der Waals surface area (Å²) < 4.78 is 5.39. The quantitative estimate of drug-likeness (QED) is 0.300. The van der Waals surface area contributed by atoms with Crippen LogP contribution in [-0.2, 0) is 4.84 Å². The number of carbonyl (C=O) groups excluding carboxylic acids is 1. The van der Waals surface area contributed by atoms with E-state index in [2.05, 4.69) is 10.2 Å². The summed E-state index contributed by atoms with van der Waals surface area (Å²) >= 11 is 0. The minimum atomic E-state index is -0.919. The molecular weight excluding hydrogens is 282 g/mol. The number of carbonyl (C=O) groups is 1. The zero-order chi connectivity index (χ0) is 15.4. The van der Waals surface area contributed by atoms with Gasteiger partial charge in [-0.1, -0.05) is 0 Å². The fourth-order valence-corrected chi connectivity index (χ4v) is 1.82. The van der Waals surface area contributed by atoms with E-state index in [0.717, 1.165) is 0 Å². The lowest BCUT2D eigenvalue weighted by molar-refractivity contribution is -0.757. The molecule has 21 heavy (non-hydrogen) atoms. The number of amides is 1. The highest BCUT2D eigenvalue weighted by Crippen LogP contribution is 2.27. The van der Waals surface area contributed by atoms with Gasteiger partial charge in [0.05, 0.1) is 5.56 Å². The largest absolute Gasteiger partial charge is 0.472 e. The van der Waals surface area contributed by atoms with Crippen LogP contribution in [-0.4, -0.2) is 41.7 Å². The Morgan fingerprint density at radius 3 is 3.05 bits per heavy atom. The predicted molar refractivity (Wildman–Crippen MR) is 71.5 cm³/mol. The molecule has 112 valence electrons. The molecule has 10 nitrogen and oxygen atoms in total. The van der Waals surface area contributed by atoms with Crippen LogP contribution in [0.4, 0.5) is 5.69 Å². The van der Waals surface area contributed by atoms with Gasteiger partial charge in [0, 0.05) is 12.2 Å². The van der Waals surface area contributed by atoms with E-state index in [4.69, 9.17) is 15.9 Å². The minimum Gasteiger partial charge on any atom is -0.472 e. The van der Waals surface area contributed by atoms with Crippen molar-refractivity contribution in [3.8, 4) is 5.75 Å². The molecule has 0 fully saturated rings. The van der Waals surface area contributed by atoms with Gasteiger partial charge in [-0.05, 0) is 18.2 Å². The monoisotopic (exact) mass is 295 g/mol. The second-order valence-electron chi connectivity index (χ2n) is 4.15. The molecule has 0 spiro atoms. The number of guanidine groups is 1. The molecule has 0 unspecified atom stereocenters. The van der Waals surface area contributed by atoms with Crippen molar-refractivity contribution in [1.82, 2.24) is 4.90 Å². The Morgan fingerprint density at radius 1 is 1.62 bits per heavy atom. The number of hydrogen-bond acceptors (Lipinski definition) is 6. The number of nitrogens with one attached hydrogen (secondary N) is 2. The maximum atomic E-state index is 12.2. The van der Waals surface area contributed by atoms with Crippen LogP contribution in [0.5, 0.6) is 5.75 Å². The van der Waals surface area contributed by atoms with Gasteiger partial charge in [0.15, 0.2) is 12.7 Å². The molecule has 4 N–H and O–H groups in total. The second-order valence-corrected chi connectivity index (χ2v) is 4.15. The number of anilines is 1. The summed E-state index contributed by atoms with van der Waals surface area (Å²) in [6.07, 6.45) is 0. The number of benzene rings is 1. The molecule has 0 aliphatic carbocycles. The van der Waals surface area contributed by atoms with Crippen LogP contribution in [0.3, 0.4) is 0 Å². The maximum Gasteiger partial charge on any atom is 0.294 e. The van der Waals surface area contributed by atoms with Crippen LogP contribution < -0.4 is 15.8 Å². The van der Waals surface area contributed by atoms with Crippen molar-refractivity contribution in [2.45, 2.75) is 0 Å². The normalized spacial score (nSPS) is 13.1. The van der Waals surface area contributed by atoms with E-state index in [1.165, 1.54) is 11.0 Å². The molecule has 0 aromatic heterocycles. The second kappa shape index (κ2) is 5.94. The summed E-state index contributed by atoms with van der Waals surface area (Å²) in [4.78, 5) is 27.8. The third kappa shape index (κ3) is 3.49. The van der Waals surface area contributed by atoms with E-state index in [9.17, 15) is 14.9 Å². The lowest BCUT2D eigenvalue weighted by Gasteiger charge is -2.28. The smallest absolute Gasteiger partial charge is 0.294 e. The zero-order valence-corrected chi connectivity index (χ0v) is 10.9. The van der Waals surface area contributed by atoms with E-state index in [-0.39, 0.29) is 37.3 Å². The van der Waals surface area contributed by atoms with E-state index in [1.807, 2.05) is 0 Å². The van der Waals surface area contributed by atoms with Crippen LogP contribution in [0.15, 0.2) is 18.2 Å². The lowest BCUT2D eigenvalue weighted by atomic mass is 10.1. The summed E-state index contributed by atoms with van der Waals surface area (Å²) in [6, 6.07) is 4.71. The van der Waals surface area contributed by atoms with Crippen molar-refractivity contribution in [3.63, 3.8) is 0 Å². The highest BCUT2D eigenvalue weighted by atomic mass is 16.9. The number of rotatable bonds is 5. The van der Waals surface area contributed by atoms with Crippen LogP contribution >= 0.6 is 0 Å². The minimum absolute atomic E-state index is 0.00755. The fourth-order valence-electron chi connectivity index (χ4n) is 1.82. The topological polar surface area (TPSA) is 144 Å². The van der Waals surface area contributed by atoms with E-state index < -0.39 is 5.09 Å². The average molecular weight is 295 g/mol. The third-order valence-electron chi connectivity index (χ3n) is 2.71. The number of nitrogens with zero attached hydrogens (tertiary/aromatic N) is 2. The Labute approximate surface area is 119 Å². The van der Waals surface area contributed by atoms with Crippen LogP contribution in [0.1, 0.15) is 10.4 Å². The molecule has 1 aliphatic heterocycles. The standard InChI is InChI=1S/C11H13N5O5/c12-11(13)14-7-1-2-9-8(5-7)10(17)15(6-20-9)3-4-21-16(18)19/h1-2,5H,3-4,6H2,(H4,12,13,14). The molecular formula is C11H13N5O5. The predicted octanol–water partition coefficient (Wildman–Crippen LogP) is -0.00763. The van der Waals surface area contributed by atoms with Crippen LogP contribution in [0, 0.1) is 15.5 Å². The summed E-state index contributed by atoms with van der Waals surface area (Å²) in [5.74, 6) is -0.189. The molecule has 0 radical (unpaired) electrons. The van der Waals surface area contributed by atoms with E-state index >= 15 is 0 Å². The van der Waals surface area contributed by atoms with Crippen molar-refractivity contribution >= 4 is 17.6 Å². The molecule has 0 saturated heterocycles. The highest BCUT2D eigenvalue weighted by molar-refractivity contribution is 6.00. The van der Waals surface area contributed by atoms with Crippen molar-refractivity contribution < 1.29 is 19.5 Å². The van der Waals surface area contributed by atoms with E-state index in [0.29, 0.717) is 11.4 Å². The van der Waals surface area contributed by atoms with Crippen molar-refractivity contribution in [2.24, 2.45) is 5.73 Å². The van der Waals surface area contributed by atoms with Crippen LogP contribution in [0.25, 0.3) is 0 Å². The van der Waals surface area contributed by atoms with Gasteiger partial charge in [0.1, 0.15) is 12.4 Å². The first-order valence-corrected chi connectivity index (χ1v) is 5.92. The van der Waals surface area contributed by atoms with Gasteiger partial charge in [0.25, 0.3) is 11.0 Å². The van der Waals surface area contributed by atoms with Gasteiger partial charge >= 0.3 is 0 Å². The van der Waals surface area contributed by atoms with Gasteiger partial charge in [-0.15, -0.1) is 10.1 Å². The first-order chi connectivity index (χ1) is 9.97. The molecule has 1 heterocycles. The van der Waals surface area contributed by atoms with Crippen LogP contribution in [0.2, 0.25) is 0 Å². The van der Waals surface area contributed by atoms with Gasteiger partial charge in [0.2, 0.25) is 0 Å². The first-order valence-electron chi connectivity index (χ1n) is 5.92. The molecule has 0 bridgehead atoms. The fraction of sp³-hybridized carbons (Fsp3) is 0.273. The van der Waals surface area contributed by atoms with E-state index in [1.54, 1.807) is 12.1 Å². The van der Waals surface area contributed by atoms with Gasteiger partial charge < -0.3 is 25.5 Å². The van der Waals surface area contributed by atoms with Gasteiger partial charge in [-0.2, -0.15) is 0 Å². The van der Waals surface area contributed by atoms with Gasteiger partial charge in [-0.3, -0.25) is 10.2 Å². The lowest BCUT2D eigenvalue weighted by Crippen LogP contribution is -2.40. The summed E-state index contributed by atoms with van der Waals surface area (Å²) in [6.45, 7) is -0.209. The van der Waals surface area contributed by atoms with Crippen molar-refractivity contribution in [2.75, 3.05) is 25.2 Å². The number of ether oxygens (including phenoxy) is 1. The highest BCUT2D eigenvalue weighted by Gasteiger charge is 2.25. The molecule has 2 rings (SSSR count). The Hall–Kier alpha value is -3.04. The SMILES string of the molecule is N=C(N)Nc1ccc2c(c1)C(=O)N(CCO[N+](=O)[O-])CO2. The zero-order valence-electron chi connectivity index (χ0n) is 10.9. The Kier molecular flexibility index (Phi) is 4.07. The molecule has 1 amide bonds. The number of hydrogen-bond donors (Lipinski definition) is 3. The third-order valence-corrected chi connectivity index (χ3v) is 2.71. The molecule has 1 aromatic rings. The van der Waals surface area contributed by atoms with Crippen molar-refractivity contribution in [1.29, 1.82) is 5.41 Å². The van der Waals surface area contributed by atoms with Gasteiger partial charge in [-0.25, -0.2) is 0 Å². The maximum absolute atomic E-state index is 12.2. The summed E-state index contributed by atoms with van der Waals surface area (Å²) in [5.41, 5.74) is 5.98. The Balaban J connectivity index is 2.09.